The fourth-order valence-electron chi connectivity index (χ4n) is 7.25. The number of ether oxygens (including phenoxy) is 3. The van der Waals surface area contributed by atoms with E-state index in [0.717, 1.165) is 89.9 Å². The number of carbonyl (C=O) groups is 3. The lowest BCUT2D eigenvalue weighted by molar-refractivity contribution is -0.167. The molecule has 0 bridgehead atoms. The van der Waals surface area contributed by atoms with Gasteiger partial charge < -0.3 is 14.2 Å². The second kappa shape index (κ2) is 48.3. The van der Waals surface area contributed by atoms with Crippen LogP contribution in [-0.4, -0.2) is 37.2 Å². The van der Waals surface area contributed by atoms with Gasteiger partial charge in [0.05, 0.1) is 0 Å². The Morgan fingerprint density at radius 3 is 0.966 bits per heavy atom. The van der Waals surface area contributed by atoms with Crippen molar-refractivity contribution in [2.75, 3.05) is 13.2 Å². The Morgan fingerprint density at radius 1 is 0.339 bits per heavy atom. The average Bonchev–Trinajstić information content (AvgIpc) is 3.23. The minimum absolute atomic E-state index is 0.0809. The Morgan fingerprint density at radius 2 is 0.610 bits per heavy atom. The van der Waals surface area contributed by atoms with E-state index in [0.29, 0.717) is 19.3 Å². The van der Waals surface area contributed by atoms with Crippen molar-refractivity contribution in [1.82, 2.24) is 0 Å². The Bertz CT molecular complexity index is 1000. The van der Waals surface area contributed by atoms with Crippen molar-refractivity contribution in [3.63, 3.8) is 0 Å². The zero-order valence-electron chi connectivity index (χ0n) is 39.3. The normalized spacial score (nSPS) is 12.3. The predicted octanol–water partition coefficient (Wildman–Crippen LogP) is 16.5. The van der Waals surface area contributed by atoms with Gasteiger partial charge in [-0.1, -0.05) is 211 Å². The molecule has 0 aromatic carbocycles. The second-order valence-corrected chi connectivity index (χ2v) is 17.1. The van der Waals surface area contributed by atoms with E-state index in [2.05, 4.69) is 57.2 Å². The van der Waals surface area contributed by atoms with Gasteiger partial charge in [0.25, 0.3) is 0 Å². The quantitative estimate of drug-likeness (QED) is 0.0200. The van der Waals surface area contributed by atoms with Crippen LogP contribution in [0.3, 0.4) is 0 Å². The van der Waals surface area contributed by atoms with E-state index in [4.69, 9.17) is 14.2 Å². The molecular formula is C53H96O6. The molecule has 6 heteroatoms. The third kappa shape index (κ3) is 46.5. The maximum Gasteiger partial charge on any atom is 0.306 e. The van der Waals surface area contributed by atoms with Crippen LogP contribution in [0.4, 0.5) is 0 Å². The standard InChI is InChI=1S/C53H96O6/c1-4-7-10-13-16-19-22-24-25-26-27-28-30-31-34-37-40-43-46-52(55)58-49-50(48-57-51(54)45-42-39-36-33-21-18-15-12-9-6-3)59-53(56)47-44-41-38-35-32-29-23-20-17-14-11-8-5-2/h25-29,32,50H,4-24,30-31,33-49H2,1-3H3/b26-25-,28-27-,32-29-. The topological polar surface area (TPSA) is 78.9 Å². The molecule has 0 rings (SSSR count). The average molecular weight is 829 g/mol. The van der Waals surface area contributed by atoms with Gasteiger partial charge in [0, 0.05) is 19.3 Å². The molecule has 59 heavy (non-hydrogen) atoms. The van der Waals surface area contributed by atoms with E-state index in [1.165, 1.54) is 135 Å². The first kappa shape index (κ1) is 56.6. The first-order valence-electron chi connectivity index (χ1n) is 25.5. The first-order chi connectivity index (χ1) is 29.0. The molecule has 1 atom stereocenters. The fourth-order valence-corrected chi connectivity index (χ4v) is 7.25. The van der Waals surface area contributed by atoms with Crippen LogP contribution in [0.2, 0.25) is 0 Å². The Labute approximate surface area is 365 Å². The summed E-state index contributed by atoms with van der Waals surface area (Å²) in [7, 11) is 0. The van der Waals surface area contributed by atoms with Crippen molar-refractivity contribution in [2.45, 2.75) is 271 Å². The molecule has 0 amide bonds. The number of allylic oxidation sites excluding steroid dienone is 6. The summed E-state index contributed by atoms with van der Waals surface area (Å²) in [5.41, 5.74) is 0. The minimum Gasteiger partial charge on any atom is -0.462 e. The highest BCUT2D eigenvalue weighted by Crippen LogP contribution is 2.14. The molecule has 0 aliphatic carbocycles. The third-order valence-electron chi connectivity index (χ3n) is 11.1. The van der Waals surface area contributed by atoms with Crippen molar-refractivity contribution in [3.05, 3.63) is 36.5 Å². The van der Waals surface area contributed by atoms with Gasteiger partial charge in [0.2, 0.25) is 0 Å². The molecule has 6 nitrogen and oxygen atoms in total. The van der Waals surface area contributed by atoms with Gasteiger partial charge in [-0.05, 0) is 70.6 Å². The highest BCUT2D eigenvalue weighted by atomic mass is 16.6. The maximum absolute atomic E-state index is 12.7. The first-order valence-corrected chi connectivity index (χ1v) is 25.5. The molecule has 0 saturated heterocycles. The number of rotatable bonds is 46. The summed E-state index contributed by atoms with van der Waals surface area (Å²) in [6, 6.07) is 0. The lowest BCUT2D eigenvalue weighted by Gasteiger charge is -2.18. The molecule has 1 unspecified atom stereocenters. The molecule has 0 aromatic heterocycles. The maximum atomic E-state index is 12.7. The van der Waals surface area contributed by atoms with E-state index in [9.17, 15) is 14.4 Å². The van der Waals surface area contributed by atoms with E-state index in [-0.39, 0.29) is 31.1 Å². The Hall–Kier alpha value is -2.37. The summed E-state index contributed by atoms with van der Waals surface area (Å²) >= 11 is 0. The lowest BCUT2D eigenvalue weighted by atomic mass is 10.1. The van der Waals surface area contributed by atoms with Crippen LogP contribution in [0.15, 0.2) is 36.5 Å². The smallest absolute Gasteiger partial charge is 0.306 e. The molecular weight excluding hydrogens is 733 g/mol. The van der Waals surface area contributed by atoms with E-state index in [1.54, 1.807) is 0 Å². The SMILES string of the molecule is CCCCCCCC/C=C\CCCCCC(=O)OC(COC(=O)CCCCCCC/C=C\C=C/CCCCCCCCC)COC(=O)CCCCCCCCCCCC. The van der Waals surface area contributed by atoms with Gasteiger partial charge in [0.15, 0.2) is 6.10 Å². The summed E-state index contributed by atoms with van der Waals surface area (Å²) in [6.07, 6.45) is 55.6. The number of hydrogen-bond acceptors (Lipinski definition) is 6. The molecule has 0 radical (unpaired) electrons. The zero-order valence-corrected chi connectivity index (χ0v) is 39.3. The van der Waals surface area contributed by atoms with Gasteiger partial charge in [0.1, 0.15) is 13.2 Å². The summed E-state index contributed by atoms with van der Waals surface area (Å²) in [5, 5.41) is 0. The van der Waals surface area contributed by atoms with Crippen LogP contribution in [0.1, 0.15) is 265 Å². The van der Waals surface area contributed by atoms with Gasteiger partial charge in [-0.2, -0.15) is 0 Å². The van der Waals surface area contributed by atoms with Crippen molar-refractivity contribution in [3.8, 4) is 0 Å². The van der Waals surface area contributed by atoms with Crippen molar-refractivity contribution >= 4 is 17.9 Å². The highest BCUT2D eigenvalue weighted by molar-refractivity contribution is 5.71. The van der Waals surface area contributed by atoms with Crippen molar-refractivity contribution in [2.24, 2.45) is 0 Å². The second-order valence-electron chi connectivity index (χ2n) is 17.1. The molecule has 0 N–H and O–H groups in total. The molecule has 0 aromatic rings. The third-order valence-corrected chi connectivity index (χ3v) is 11.1. The van der Waals surface area contributed by atoms with Gasteiger partial charge >= 0.3 is 17.9 Å². The van der Waals surface area contributed by atoms with E-state index in [1.807, 2.05) is 0 Å². The fraction of sp³-hybridized carbons (Fsp3) is 0.830. The van der Waals surface area contributed by atoms with Crippen molar-refractivity contribution < 1.29 is 28.6 Å². The number of carbonyl (C=O) groups excluding carboxylic acids is 3. The van der Waals surface area contributed by atoms with E-state index < -0.39 is 6.10 Å². The number of hydrogen-bond donors (Lipinski definition) is 0. The highest BCUT2D eigenvalue weighted by Gasteiger charge is 2.19. The largest absolute Gasteiger partial charge is 0.462 e. The number of esters is 3. The van der Waals surface area contributed by atoms with Crippen LogP contribution >= 0.6 is 0 Å². The number of unbranched alkanes of at least 4 members (excludes halogenated alkanes) is 30. The van der Waals surface area contributed by atoms with Crippen LogP contribution in [0.5, 0.6) is 0 Å². The minimum atomic E-state index is -0.781. The molecule has 0 heterocycles. The van der Waals surface area contributed by atoms with Crippen LogP contribution < -0.4 is 0 Å². The van der Waals surface area contributed by atoms with E-state index >= 15 is 0 Å². The lowest BCUT2D eigenvalue weighted by Crippen LogP contribution is -2.30. The van der Waals surface area contributed by atoms with Gasteiger partial charge in [-0.25, -0.2) is 0 Å². The monoisotopic (exact) mass is 829 g/mol. The molecule has 0 aliphatic rings. The Balaban J connectivity index is 4.36. The van der Waals surface area contributed by atoms with Crippen molar-refractivity contribution in [1.29, 1.82) is 0 Å². The molecule has 0 fully saturated rings. The van der Waals surface area contributed by atoms with Gasteiger partial charge in [-0.15, -0.1) is 0 Å². The summed E-state index contributed by atoms with van der Waals surface area (Å²) in [5.74, 6) is -0.907. The summed E-state index contributed by atoms with van der Waals surface area (Å²) in [4.78, 5) is 37.8. The predicted molar refractivity (Wildman–Crippen MR) is 252 cm³/mol. The molecule has 0 spiro atoms. The molecule has 344 valence electrons. The molecule has 0 aliphatic heterocycles. The molecule has 0 saturated carbocycles. The zero-order chi connectivity index (χ0) is 43.0. The van der Waals surface area contributed by atoms with Crippen LogP contribution in [0, 0.1) is 0 Å². The van der Waals surface area contributed by atoms with Crippen LogP contribution in [-0.2, 0) is 28.6 Å². The Kier molecular flexibility index (Phi) is 46.4. The summed E-state index contributed by atoms with van der Waals surface area (Å²) in [6.45, 7) is 6.60. The van der Waals surface area contributed by atoms with Gasteiger partial charge in [-0.3, -0.25) is 14.4 Å². The summed E-state index contributed by atoms with van der Waals surface area (Å²) < 4.78 is 16.7. The van der Waals surface area contributed by atoms with Crippen LogP contribution in [0.25, 0.3) is 0 Å².